The second kappa shape index (κ2) is 39.0. The van der Waals surface area contributed by atoms with Crippen LogP contribution < -0.4 is 31.9 Å². The van der Waals surface area contributed by atoms with Gasteiger partial charge in [-0.25, -0.2) is 0 Å². The minimum absolute atomic E-state index is 0.0127. The molecule has 25 heteroatoms. The number of ether oxygens (including phenoxy) is 1. The third kappa shape index (κ3) is 25.3. The van der Waals surface area contributed by atoms with Crippen LogP contribution in [0.5, 0.6) is 0 Å². The molecule has 88 heavy (non-hydrogen) atoms. The summed E-state index contributed by atoms with van der Waals surface area (Å²) in [7, 11) is 9.65. The smallest absolute Gasteiger partial charge is 0.325 e. The van der Waals surface area contributed by atoms with E-state index in [0.29, 0.717) is 6.42 Å². The van der Waals surface area contributed by atoms with E-state index >= 15 is 0 Å². The highest BCUT2D eigenvalue weighted by molar-refractivity contribution is 5.99. The Bertz CT molecular complexity index is 2330. The summed E-state index contributed by atoms with van der Waals surface area (Å²) in [5.74, 6) is -9.31. The van der Waals surface area contributed by atoms with E-state index in [4.69, 9.17) is 0 Å². The van der Waals surface area contributed by atoms with E-state index < -0.39 is 150 Å². The lowest BCUT2D eigenvalue weighted by Gasteiger charge is -2.40. The maximum Gasteiger partial charge on any atom is 0.325 e. The molecule has 0 aliphatic carbocycles. The van der Waals surface area contributed by atoms with Crippen molar-refractivity contribution in [2.45, 2.75) is 229 Å². The normalized spacial score (nSPS) is 16.5. The minimum atomic E-state index is -1.68. The topological polar surface area (TPSA) is 326 Å². The lowest BCUT2D eigenvalue weighted by atomic mass is 9.91. The van der Waals surface area contributed by atoms with Crippen LogP contribution in [0.1, 0.15) is 156 Å². The fraction of sp³-hybridized carbons (Fsp3) is 0.794. The van der Waals surface area contributed by atoms with Gasteiger partial charge in [0.15, 0.2) is 0 Å². The molecule has 0 rings (SSSR count). The SMILES string of the molecule is C/C=C/C[C@@H](C)[C@@H](O)[C@@H](C(=O)N[C@H](C(=O)N(C)CC(=O)OC)[C@@H](C)O)N(C)C(=O)[C@H](C(C)C)N(C)C(=O)[C@H](CC(C)C)NC(=O)[C@H](CC(C)C)N(C)C(=O)[C@@H](C)NC(=O)[C@H](C)NC(=O)[C@H](CC(C)C)N(C)C(=O)[C@H](CC(C)C)NC(=O)[C@@H](NC)C(C)CC. The quantitative estimate of drug-likeness (QED) is 0.0325. The molecule has 0 spiro atoms. The van der Waals surface area contributed by atoms with Gasteiger partial charge in [-0.15, -0.1) is 0 Å². The number of likely N-dealkylation sites (N-methyl/N-ethyl adjacent to an activating group) is 6. The lowest BCUT2D eigenvalue weighted by Crippen LogP contribution is -2.64. The van der Waals surface area contributed by atoms with Gasteiger partial charge < -0.3 is 71.4 Å². The molecule has 0 aromatic rings. The fourth-order valence-corrected chi connectivity index (χ4v) is 10.4. The van der Waals surface area contributed by atoms with Crippen LogP contribution in [0.4, 0.5) is 0 Å². The van der Waals surface area contributed by atoms with Gasteiger partial charge in [0.25, 0.3) is 0 Å². The number of nitrogens with zero attached hydrogens (tertiary/aromatic N) is 5. The van der Waals surface area contributed by atoms with Crippen molar-refractivity contribution in [3.05, 3.63) is 12.2 Å². The Labute approximate surface area is 525 Å². The monoisotopic (exact) mass is 1250 g/mol. The third-order valence-corrected chi connectivity index (χ3v) is 15.9. The molecular weight excluding hydrogens is 1130 g/mol. The maximum absolute atomic E-state index is 14.9. The summed E-state index contributed by atoms with van der Waals surface area (Å²) < 4.78 is 4.66. The summed E-state index contributed by atoms with van der Waals surface area (Å²) in [4.78, 5) is 160. The predicted molar refractivity (Wildman–Crippen MR) is 338 cm³/mol. The van der Waals surface area contributed by atoms with Crippen LogP contribution in [-0.2, 0) is 57.5 Å². The van der Waals surface area contributed by atoms with E-state index in [1.165, 1.54) is 70.7 Å². The van der Waals surface area contributed by atoms with Crippen molar-refractivity contribution >= 4 is 65.0 Å². The van der Waals surface area contributed by atoms with Crippen molar-refractivity contribution in [3.63, 3.8) is 0 Å². The van der Waals surface area contributed by atoms with Crippen molar-refractivity contribution in [1.29, 1.82) is 0 Å². The first-order valence-electron chi connectivity index (χ1n) is 31.2. The standard InChI is InChI=1S/C63H115N11O14/c1-25-27-28-40(14)53(77)52(58(82)69-50(43(17)75)62(86)70(19)33-48(76)88-24)74(23)63(87)51(38(11)12)73(22)61(85)45(30-35(5)6)67-56(80)47(32-37(9)10)71(20)59(83)42(16)66-54(78)41(15)65-55(79)46(31-36(7)8)72(21)60(84)44(29-34(3)4)68-57(81)49(64-18)39(13)26-2/h25,27,34-47,49-53,64,75,77H,26,28-33H2,1-24H3,(H,65,79)(H,66,78)(H,67,80)(H,68,81)(H,69,82)/b27-25+/t39?,40-,41+,42-,43-,44+,45+,46+,47+,49+,50+,51+,52+,53-/m1/s1. The summed E-state index contributed by atoms with van der Waals surface area (Å²) in [5.41, 5.74) is 0. The summed E-state index contributed by atoms with van der Waals surface area (Å²) >= 11 is 0. The fourth-order valence-electron chi connectivity index (χ4n) is 10.4. The van der Waals surface area contributed by atoms with Gasteiger partial charge in [-0.3, -0.25) is 52.7 Å². The van der Waals surface area contributed by atoms with Crippen LogP contribution in [0.2, 0.25) is 0 Å². The Morgan fingerprint density at radius 2 is 0.909 bits per heavy atom. The molecule has 14 atom stereocenters. The largest absolute Gasteiger partial charge is 0.468 e. The van der Waals surface area contributed by atoms with Crippen LogP contribution >= 0.6 is 0 Å². The number of esters is 1. The van der Waals surface area contributed by atoms with E-state index in [9.17, 15) is 63.0 Å². The molecule has 0 aromatic carbocycles. The zero-order valence-corrected chi connectivity index (χ0v) is 57.6. The van der Waals surface area contributed by atoms with E-state index in [1.807, 2.05) is 69.2 Å². The van der Waals surface area contributed by atoms with Gasteiger partial charge in [0.05, 0.1) is 25.4 Å². The lowest BCUT2D eigenvalue weighted by molar-refractivity contribution is -0.155. The molecule has 0 bridgehead atoms. The van der Waals surface area contributed by atoms with Crippen molar-refractivity contribution < 1.29 is 67.7 Å². The van der Waals surface area contributed by atoms with Crippen molar-refractivity contribution in [3.8, 4) is 0 Å². The van der Waals surface area contributed by atoms with E-state index in [2.05, 4.69) is 36.6 Å². The molecule has 25 nitrogen and oxygen atoms in total. The number of methoxy groups -OCH3 is 1. The summed E-state index contributed by atoms with van der Waals surface area (Å²) in [5, 5.41) is 39.3. The average Bonchev–Trinajstić information content (AvgIpc) is 3.65. The number of carbonyl (C=O) groups excluding carboxylic acids is 11. The van der Waals surface area contributed by atoms with Crippen LogP contribution in [0.3, 0.4) is 0 Å². The molecule has 0 aliphatic heterocycles. The van der Waals surface area contributed by atoms with Gasteiger partial charge in [-0.2, -0.15) is 0 Å². The molecule has 0 radical (unpaired) electrons. The Hall–Kier alpha value is -6.21. The minimum Gasteiger partial charge on any atom is -0.468 e. The predicted octanol–water partition coefficient (Wildman–Crippen LogP) is 2.21. The molecule has 8 N–H and O–H groups in total. The molecule has 0 aliphatic rings. The number of carbonyl (C=O) groups is 11. The summed E-state index contributed by atoms with van der Waals surface area (Å²) in [6.45, 7) is 29.3. The second-order valence-corrected chi connectivity index (χ2v) is 26.0. The van der Waals surface area contributed by atoms with E-state index in [-0.39, 0.29) is 61.2 Å². The highest BCUT2D eigenvalue weighted by atomic mass is 16.5. The van der Waals surface area contributed by atoms with Gasteiger partial charge >= 0.3 is 5.97 Å². The zero-order valence-electron chi connectivity index (χ0n) is 57.6. The second-order valence-electron chi connectivity index (χ2n) is 26.0. The van der Waals surface area contributed by atoms with Gasteiger partial charge in [0, 0.05) is 35.2 Å². The van der Waals surface area contributed by atoms with Crippen molar-refractivity contribution in [1.82, 2.24) is 56.4 Å². The Morgan fingerprint density at radius 1 is 0.477 bits per heavy atom. The summed E-state index contributed by atoms with van der Waals surface area (Å²) in [6.07, 6.45) is 2.22. The van der Waals surface area contributed by atoms with Crippen LogP contribution in [0, 0.1) is 41.4 Å². The number of hydrogen-bond acceptors (Lipinski definition) is 15. The van der Waals surface area contributed by atoms with Gasteiger partial charge in [0.1, 0.15) is 60.9 Å². The third-order valence-electron chi connectivity index (χ3n) is 15.9. The Balaban J connectivity index is 6.93. The van der Waals surface area contributed by atoms with Crippen LogP contribution in [-0.4, -0.2) is 228 Å². The van der Waals surface area contributed by atoms with Crippen LogP contribution in [0.15, 0.2) is 12.2 Å². The van der Waals surface area contributed by atoms with Gasteiger partial charge in [-0.1, -0.05) is 109 Å². The number of amides is 10. The average molecular weight is 1250 g/mol. The number of rotatable bonds is 38. The van der Waals surface area contributed by atoms with E-state index in [0.717, 1.165) is 23.3 Å². The van der Waals surface area contributed by atoms with Crippen molar-refractivity contribution in [2.24, 2.45) is 41.4 Å². The van der Waals surface area contributed by atoms with Gasteiger partial charge in [-0.05, 0) is 108 Å². The zero-order chi connectivity index (χ0) is 68.5. The first-order valence-corrected chi connectivity index (χ1v) is 31.2. The molecule has 0 saturated carbocycles. The molecule has 0 fully saturated rings. The highest BCUT2D eigenvalue weighted by Gasteiger charge is 2.45. The number of aliphatic hydroxyl groups is 2. The van der Waals surface area contributed by atoms with Gasteiger partial charge in [0.2, 0.25) is 59.1 Å². The molecule has 0 aromatic heterocycles. The number of allylic oxidation sites excluding steroid dienone is 2. The highest BCUT2D eigenvalue weighted by Crippen LogP contribution is 2.24. The molecule has 10 amide bonds. The first kappa shape index (κ1) is 81.8. The number of nitrogens with one attached hydrogen (secondary N) is 6. The molecule has 1 unspecified atom stereocenters. The number of aliphatic hydroxyl groups excluding tert-OH is 2. The van der Waals surface area contributed by atoms with Crippen molar-refractivity contribution in [2.75, 3.05) is 55.9 Å². The molecule has 506 valence electrons. The van der Waals surface area contributed by atoms with E-state index in [1.54, 1.807) is 46.9 Å². The first-order chi connectivity index (χ1) is 40.7. The maximum atomic E-state index is 14.9. The summed E-state index contributed by atoms with van der Waals surface area (Å²) in [6, 6.07) is -12.0. The number of hydrogen-bond donors (Lipinski definition) is 8. The molecular formula is C63H115N11O14. The Kier molecular flexibility index (Phi) is 36.3. The Morgan fingerprint density at radius 3 is 1.33 bits per heavy atom. The molecule has 0 saturated heterocycles. The van der Waals surface area contributed by atoms with Crippen LogP contribution in [0.25, 0.3) is 0 Å². The molecule has 0 heterocycles.